The van der Waals surface area contributed by atoms with Gasteiger partial charge in [-0.1, -0.05) is 12.1 Å². The largest absolute Gasteiger partial charge is 0.606 e. The van der Waals surface area contributed by atoms with Gasteiger partial charge in [-0.15, -0.1) is 11.3 Å². The van der Waals surface area contributed by atoms with E-state index in [1.165, 1.54) is 11.3 Å². The molecule has 3 aromatic rings. The number of rotatable bonds is 3. The van der Waals surface area contributed by atoms with Crippen LogP contribution >= 0.6 is 11.3 Å². The molecule has 6 nitrogen and oxygen atoms in total. The van der Waals surface area contributed by atoms with Crippen molar-refractivity contribution in [3.05, 3.63) is 64.7 Å². The highest BCUT2D eigenvalue weighted by molar-refractivity contribution is 7.91. The van der Waals surface area contributed by atoms with Crippen molar-refractivity contribution >= 4 is 45.1 Å². The second-order valence-electron chi connectivity index (χ2n) is 6.23. The predicted octanol–water partition coefficient (Wildman–Crippen LogP) is 3.85. The van der Waals surface area contributed by atoms with E-state index in [-0.39, 0.29) is 11.8 Å². The van der Waals surface area contributed by atoms with E-state index in [9.17, 15) is 14.1 Å². The molecule has 0 saturated heterocycles. The number of carbonyl (C=O) groups is 2. The minimum absolute atomic E-state index is 0.224. The molecule has 1 aromatic heterocycles. The summed E-state index contributed by atoms with van der Waals surface area (Å²) >= 11 is -0.127. The Kier molecular flexibility index (Phi) is 4.92. The number of nitrogens with zero attached hydrogens (tertiary/aromatic N) is 2. The van der Waals surface area contributed by atoms with Gasteiger partial charge < -0.3 is 9.45 Å². The molecule has 1 unspecified atom stereocenters. The molecule has 1 aliphatic rings. The average molecular weight is 412 g/mol. The van der Waals surface area contributed by atoms with Crippen molar-refractivity contribution in [1.29, 1.82) is 0 Å². The molecule has 1 atom stereocenters. The summed E-state index contributed by atoms with van der Waals surface area (Å²) in [6.45, 7) is 4.16. The van der Waals surface area contributed by atoms with E-state index >= 15 is 0 Å². The molecule has 0 bridgehead atoms. The normalized spacial score (nSPS) is 15.6. The monoisotopic (exact) mass is 411 g/mol. The van der Waals surface area contributed by atoms with Crippen LogP contribution in [0.5, 0.6) is 0 Å². The summed E-state index contributed by atoms with van der Waals surface area (Å²) in [5, 5.41) is 3.27. The minimum Gasteiger partial charge on any atom is -0.606 e. The SMILES string of the molecule is CCN1C(=O)c2ccccc2[S+]([O-])c2ccc(C(=O)Nc3ncc(C)s3)cc21. The number of hydrogen-bond donors (Lipinski definition) is 1. The van der Waals surface area contributed by atoms with Crippen LogP contribution < -0.4 is 10.2 Å². The lowest BCUT2D eigenvalue weighted by Crippen LogP contribution is -2.30. The summed E-state index contributed by atoms with van der Waals surface area (Å²) in [6, 6.07) is 11.8. The van der Waals surface area contributed by atoms with Gasteiger partial charge in [0.25, 0.3) is 11.8 Å². The summed E-state index contributed by atoms with van der Waals surface area (Å²) < 4.78 is 13.1. The Balaban J connectivity index is 1.76. The third kappa shape index (κ3) is 3.19. The fraction of sp³-hybridized carbons (Fsp3) is 0.150. The number of anilines is 2. The number of benzene rings is 2. The van der Waals surface area contributed by atoms with E-state index in [4.69, 9.17) is 0 Å². The Morgan fingerprint density at radius 3 is 2.75 bits per heavy atom. The van der Waals surface area contributed by atoms with Gasteiger partial charge in [0.1, 0.15) is 5.69 Å². The van der Waals surface area contributed by atoms with Gasteiger partial charge in [0.05, 0.1) is 5.56 Å². The third-order valence-electron chi connectivity index (χ3n) is 4.43. The van der Waals surface area contributed by atoms with Gasteiger partial charge in [0.15, 0.2) is 14.9 Å². The number of amides is 2. The van der Waals surface area contributed by atoms with Crippen LogP contribution in [0, 0.1) is 6.92 Å². The van der Waals surface area contributed by atoms with Gasteiger partial charge in [-0.2, -0.15) is 0 Å². The van der Waals surface area contributed by atoms with Crippen molar-refractivity contribution in [2.75, 3.05) is 16.8 Å². The zero-order valence-corrected chi connectivity index (χ0v) is 16.9. The number of hydrogen-bond acceptors (Lipinski definition) is 5. The Hall–Kier alpha value is -2.68. The fourth-order valence-corrected chi connectivity index (χ4v) is 5.10. The molecule has 0 saturated carbocycles. The van der Waals surface area contributed by atoms with Gasteiger partial charge in [-0.3, -0.25) is 14.9 Å². The number of aryl methyl sites for hydroxylation is 1. The van der Waals surface area contributed by atoms with Crippen molar-refractivity contribution < 1.29 is 14.1 Å². The van der Waals surface area contributed by atoms with Crippen LogP contribution in [0.1, 0.15) is 32.5 Å². The van der Waals surface area contributed by atoms with E-state index in [2.05, 4.69) is 10.3 Å². The molecule has 0 aliphatic carbocycles. The van der Waals surface area contributed by atoms with Gasteiger partial charge in [0, 0.05) is 34.4 Å². The van der Waals surface area contributed by atoms with E-state index in [0.29, 0.717) is 38.3 Å². The van der Waals surface area contributed by atoms with Crippen molar-refractivity contribution in [1.82, 2.24) is 4.98 Å². The Labute approximate surface area is 169 Å². The first kappa shape index (κ1) is 18.7. The summed E-state index contributed by atoms with van der Waals surface area (Å²) in [4.78, 5) is 33.4. The van der Waals surface area contributed by atoms with Gasteiger partial charge in [-0.25, -0.2) is 4.98 Å². The number of nitrogens with one attached hydrogen (secondary N) is 1. The Morgan fingerprint density at radius 1 is 1.25 bits per heavy atom. The zero-order chi connectivity index (χ0) is 19.8. The molecule has 0 fully saturated rings. The van der Waals surface area contributed by atoms with Crippen LogP contribution in [-0.4, -0.2) is 27.9 Å². The van der Waals surface area contributed by atoms with Gasteiger partial charge >= 0.3 is 0 Å². The van der Waals surface area contributed by atoms with Crippen LogP contribution in [0.3, 0.4) is 0 Å². The molecular weight excluding hydrogens is 394 g/mol. The zero-order valence-electron chi connectivity index (χ0n) is 15.3. The van der Waals surface area contributed by atoms with Crippen LogP contribution in [0.2, 0.25) is 0 Å². The first-order valence-corrected chi connectivity index (χ1v) is 10.7. The minimum atomic E-state index is -1.51. The lowest BCUT2D eigenvalue weighted by atomic mass is 10.1. The van der Waals surface area contributed by atoms with Crippen LogP contribution in [0.25, 0.3) is 0 Å². The van der Waals surface area contributed by atoms with Crippen molar-refractivity contribution in [2.24, 2.45) is 0 Å². The fourth-order valence-electron chi connectivity index (χ4n) is 3.10. The lowest BCUT2D eigenvalue weighted by Gasteiger charge is -2.20. The molecule has 1 N–H and O–H groups in total. The first-order valence-electron chi connectivity index (χ1n) is 8.70. The quantitative estimate of drug-likeness (QED) is 0.664. The molecule has 0 spiro atoms. The molecule has 0 radical (unpaired) electrons. The van der Waals surface area contributed by atoms with Gasteiger partial charge in [-0.05, 0) is 44.2 Å². The summed E-state index contributed by atoms with van der Waals surface area (Å²) in [5.74, 6) is -0.550. The van der Waals surface area contributed by atoms with E-state index in [1.54, 1.807) is 53.6 Å². The molecule has 2 amide bonds. The highest BCUT2D eigenvalue weighted by Gasteiger charge is 2.35. The highest BCUT2D eigenvalue weighted by atomic mass is 32.2. The highest BCUT2D eigenvalue weighted by Crippen LogP contribution is 2.37. The van der Waals surface area contributed by atoms with Crippen molar-refractivity contribution in [3.8, 4) is 0 Å². The number of thiazole rings is 1. The summed E-state index contributed by atoms with van der Waals surface area (Å²) in [6.07, 6.45) is 1.69. The van der Waals surface area contributed by atoms with E-state index in [1.807, 2.05) is 13.8 Å². The number of fused-ring (bicyclic) bond motifs is 2. The summed E-state index contributed by atoms with van der Waals surface area (Å²) in [5.41, 5.74) is 1.29. The van der Waals surface area contributed by atoms with Crippen molar-refractivity contribution in [2.45, 2.75) is 23.6 Å². The molecular formula is C20H17N3O3S2. The third-order valence-corrected chi connectivity index (χ3v) is 6.76. The molecule has 28 heavy (non-hydrogen) atoms. The van der Waals surface area contributed by atoms with Crippen LogP contribution in [0.4, 0.5) is 10.8 Å². The number of carbonyl (C=O) groups excluding carboxylic acids is 2. The number of aromatic nitrogens is 1. The van der Waals surface area contributed by atoms with Gasteiger partial charge in [0.2, 0.25) is 0 Å². The van der Waals surface area contributed by atoms with Crippen LogP contribution in [-0.2, 0) is 11.2 Å². The molecule has 8 heteroatoms. The second-order valence-corrected chi connectivity index (χ2v) is 8.88. The van der Waals surface area contributed by atoms with Crippen molar-refractivity contribution in [3.63, 3.8) is 0 Å². The molecule has 2 aromatic carbocycles. The predicted molar refractivity (Wildman–Crippen MR) is 110 cm³/mol. The smallest absolute Gasteiger partial charge is 0.263 e. The second kappa shape index (κ2) is 7.38. The molecule has 4 rings (SSSR count). The summed E-state index contributed by atoms with van der Waals surface area (Å²) in [7, 11) is 0. The molecule has 1 aliphatic heterocycles. The lowest BCUT2D eigenvalue weighted by molar-refractivity contribution is 0.0982. The average Bonchev–Trinajstić information content (AvgIpc) is 3.08. The Bertz CT molecular complexity index is 1080. The maximum absolute atomic E-state index is 13.1. The van der Waals surface area contributed by atoms with E-state index < -0.39 is 11.2 Å². The standard InChI is InChI=1S/C20H17N3O3S2/c1-3-23-15-10-13(18(24)22-20-21-11-12(2)27-20)8-9-17(15)28(26)16-7-5-4-6-14(16)19(23)25/h4-11H,3H2,1-2H3,(H,21,22,24). The van der Waals surface area contributed by atoms with E-state index in [0.717, 1.165) is 4.88 Å². The Morgan fingerprint density at radius 2 is 2.04 bits per heavy atom. The van der Waals surface area contributed by atoms with Crippen LogP contribution in [0.15, 0.2) is 58.5 Å². The topological polar surface area (TPSA) is 85.4 Å². The maximum Gasteiger partial charge on any atom is 0.263 e. The maximum atomic E-state index is 13.1. The molecule has 2 heterocycles. The first-order chi connectivity index (χ1) is 13.5. The molecule has 142 valence electrons.